The highest BCUT2D eigenvalue weighted by Gasteiger charge is 2.13. The maximum atomic E-state index is 12.1. The molecule has 102 valence electrons. The molecule has 20 heavy (non-hydrogen) atoms. The van der Waals surface area contributed by atoms with Crippen molar-refractivity contribution >= 4 is 16.8 Å². The molecular formula is C15H15N3O2. The second kappa shape index (κ2) is 6.02. The molecule has 0 unspecified atom stereocenters. The second-order valence-electron chi connectivity index (χ2n) is 4.39. The Labute approximate surface area is 117 Å². The first-order chi connectivity index (χ1) is 9.65. The van der Waals surface area contributed by atoms with Gasteiger partial charge in [-0.1, -0.05) is 6.07 Å². The fourth-order valence-electron chi connectivity index (χ4n) is 1.86. The van der Waals surface area contributed by atoms with Gasteiger partial charge in [0, 0.05) is 19.0 Å². The minimum atomic E-state index is -0.182. The summed E-state index contributed by atoms with van der Waals surface area (Å²) in [7, 11) is 3.27. The summed E-state index contributed by atoms with van der Waals surface area (Å²) < 4.78 is 5.15. The summed E-state index contributed by atoms with van der Waals surface area (Å²) in [6.45, 7) is 0.400. The van der Waals surface area contributed by atoms with E-state index in [9.17, 15) is 4.79 Å². The first kappa shape index (κ1) is 13.8. The van der Waals surface area contributed by atoms with Gasteiger partial charge in [0.15, 0.2) is 0 Å². The summed E-state index contributed by atoms with van der Waals surface area (Å²) >= 11 is 0. The molecule has 1 aromatic carbocycles. The Morgan fingerprint density at radius 3 is 2.90 bits per heavy atom. The second-order valence-corrected chi connectivity index (χ2v) is 4.39. The van der Waals surface area contributed by atoms with Gasteiger partial charge in [-0.2, -0.15) is 5.26 Å². The van der Waals surface area contributed by atoms with Crippen molar-refractivity contribution in [2.45, 2.75) is 6.42 Å². The number of benzene rings is 1. The Morgan fingerprint density at radius 1 is 1.40 bits per heavy atom. The van der Waals surface area contributed by atoms with Gasteiger partial charge >= 0.3 is 0 Å². The zero-order valence-electron chi connectivity index (χ0n) is 11.5. The molecule has 2 aromatic rings. The summed E-state index contributed by atoms with van der Waals surface area (Å²) in [6.07, 6.45) is 0.313. The minimum absolute atomic E-state index is 0.182. The molecule has 0 saturated heterocycles. The molecule has 0 aliphatic carbocycles. The SMILES string of the molecule is COc1ccc2nc(C(=O)N(C)CCC#N)ccc2c1. The van der Waals surface area contributed by atoms with Crippen molar-refractivity contribution in [2.75, 3.05) is 20.7 Å². The number of aromatic nitrogens is 1. The molecule has 2 rings (SSSR count). The van der Waals surface area contributed by atoms with Gasteiger partial charge in [0.1, 0.15) is 11.4 Å². The Balaban J connectivity index is 2.28. The molecule has 5 nitrogen and oxygen atoms in total. The number of hydrogen-bond acceptors (Lipinski definition) is 4. The number of amides is 1. The normalized spacial score (nSPS) is 10.1. The summed E-state index contributed by atoms with van der Waals surface area (Å²) in [5.41, 5.74) is 1.12. The average molecular weight is 269 g/mol. The predicted octanol–water partition coefficient (Wildman–Crippen LogP) is 2.23. The van der Waals surface area contributed by atoms with Crippen LogP contribution in [-0.2, 0) is 0 Å². The van der Waals surface area contributed by atoms with E-state index in [1.807, 2.05) is 30.3 Å². The molecule has 0 atom stereocenters. The van der Waals surface area contributed by atoms with Gasteiger partial charge in [0.25, 0.3) is 5.91 Å². The van der Waals surface area contributed by atoms with E-state index in [0.717, 1.165) is 16.7 Å². The number of methoxy groups -OCH3 is 1. The number of carbonyl (C=O) groups is 1. The summed E-state index contributed by atoms with van der Waals surface area (Å²) in [6, 6.07) is 11.0. The molecule has 1 aromatic heterocycles. The Morgan fingerprint density at radius 2 is 2.20 bits per heavy atom. The van der Waals surface area contributed by atoms with Crippen LogP contribution in [0.15, 0.2) is 30.3 Å². The van der Waals surface area contributed by atoms with Crippen LogP contribution in [0.4, 0.5) is 0 Å². The van der Waals surface area contributed by atoms with Gasteiger partial charge in [0.2, 0.25) is 0 Å². The first-order valence-electron chi connectivity index (χ1n) is 6.23. The van der Waals surface area contributed by atoms with Crippen LogP contribution in [-0.4, -0.2) is 36.5 Å². The van der Waals surface area contributed by atoms with Crippen LogP contribution in [0.1, 0.15) is 16.9 Å². The number of nitrogens with zero attached hydrogens (tertiary/aromatic N) is 3. The molecule has 5 heteroatoms. The smallest absolute Gasteiger partial charge is 0.272 e. The third-order valence-corrected chi connectivity index (χ3v) is 3.02. The lowest BCUT2D eigenvalue weighted by molar-refractivity contribution is 0.0792. The zero-order valence-corrected chi connectivity index (χ0v) is 11.5. The van der Waals surface area contributed by atoms with Gasteiger partial charge in [-0.25, -0.2) is 4.98 Å². The fourth-order valence-corrected chi connectivity index (χ4v) is 1.86. The summed E-state index contributed by atoms with van der Waals surface area (Å²) in [4.78, 5) is 18.0. The number of hydrogen-bond donors (Lipinski definition) is 0. The monoisotopic (exact) mass is 269 g/mol. The molecular weight excluding hydrogens is 254 g/mol. The van der Waals surface area contributed by atoms with Crippen LogP contribution in [0.5, 0.6) is 5.75 Å². The predicted molar refractivity (Wildman–Crippen MR) is 75.5 cm³/mol. The van der Waals surface area contributed by atoms with Gasteiger partial charge in [-0.3, -0.25) is 4.79 Å². The number of fused-ring (bicyclic) bond motifs is 1. The van der Waals surface area contributed by atoms with Gasteiger partial charge < -0.3 is 9.64 Å². The molecule has 0 radical (unpaired) electrons. The molecule has 0 aliphatic heterocycles. The maximum Gasteiger partial charge on any atom is 0.272 e. The van der Waals surface area contributed by atoms with Crippen LogP contribution < -0.4 is 4.74 Å². The molecule has 0 saturated carbocycles. The molecule has 0 spiro atoms. The van der Waals surface area contributed by atoms with Gasteiger partial charge in [-0.15, -0.1) is 0 Å². The van der Waals surface area contributed by atoms with E-state index in [-0.39, 0.29) is 5.91 Å². The van der Waals surface area contributed by atoms with E-state index in [1.165, 1.54) is 4.90 Å². The third kappa shape index (κ3) is 2.86. The van der Waals surface area contributed by atoms with Crippen LogP contribution >= 0.6 is 0 Å². The number of carbonyl (C=O) groups excluding carboxylic acids is 1. The molecule has 0 aliphatic rings. The fraction of sp³-hybridized carbons (Fsp3) is 0.267. The van der Waals surface area contributed by atoms with Crippen molar-refractivity contribution in [3.05, 3.63) is 36.0 Å². The highest BCUT2D eigenvalue weighted by molar-refractivity contribution is 5.94. The van der Waals surface area contributed by atoms with Gasteiger partial charge in [0.05, 0.1) is 25.1 Å². The Bertz CT molecular complexity index is 676. The first-order valence-corrected chi connectivity index (χ1v) is 6.23. The van der Waals surface area contributed by atoms with Crippen LogP contribution in [0.3, 0.4) is 0 Å². The van der Waals surface area contributed by atoms with E-state index in [1.54, 1.807) is 20.2 Å². The van der Waals surface area contributed by atoms with Crippen molar-refractivity contribution in [1.29, 1.82) is 5.26 Å². The lowest BCUT2D eigenvalue weighted by Gasteiger charge is -2.15. The van der Waals surface area contributed by atoms with E-state index in [2.05, 4.69) is 4.98 Å². The Kier molecular flexibility index (Phi) is 4.16. The van der Waals surface area contributed by atoms with E-state index < -0.39 is 0 Å². The molecule has 1 heterocycles. The summed E-state index contributed by atoms with van der Waals surface area (Å²) in [5.74, 6) is 0.572. The van der Waals surface area contributed by atoms with Crippen LogP contribution in [0, 0.1) is 11.3 Å². The lowest BCUT2D eigenvalue weighted by atomic mass is 10.2. The van der Waals surface area contributed by atoms with Crippen molar-refractivity contribution < 1.29 is 9.53 Å². The van der Waals surface area contributed by atoms with Crippen molar-refractivity contribution in [3.63, 3.8) is 0 Å². The molecule has 0 bridgehead atoms. The third-order valence-electron chi connectivity index (χ3n) is 3.02. The van der Waals surface area contributed by atoms with E-state index in [4.69, 9.17) is 10.00 Å². The highest BCUT2D eigenvalue weighted by Crippen LogP contribution is 2.19. The molecule has 1 amide bonds. The van der Waals surface area contributed by atoms with Crippen molar-refractivity contribution in [1.82, 2.24) is 9.88 Å². The number of rotatable bonds is 4. The topological polar surface area (TPSA) is 66.2 Å². The molecule has 0 N–H and O–H groups in total. The Hall–Kier alpha value is -2.61. The van der Waals surface area contributed by atoms with Crippen molar-refractivity contribution in [3.8, 4) is 11.8 Å². The average Bonchev–Trinajstić information content (AvgIpc) is 2.50. The van der Waals surface area contributed by atoms with Gasteiger partial charge in [-0.05, 0) is 24.3 Å². The maximum absolute atomic E-state index is 12.1. The number of pyridine rings is 1. The quantitative estimate of drug-likeness (QED) is 0.853. The molecule has 0 fully saturated rings. The van der Waals surface area contributed by atoms with Crippen LogP contribution in [0.2, 0.25) is 0 Å². The summed E-state index contributed by atoms with van der Waals surface area (Å²) in [5, 5.41) is 9.46. The van der Waals surface area contributed by atoms with E-state index in [0.29, 0.717) is 18.7 Å². The largest absolute Gasteiger partial charge is 0.497 e. The van der Waals surface area contributed by atoms with E-state index >= 15 is 0 Å². The minimum Gasteiger partial charge on any atom is -0.497 e. The van der Waals surface area contributed by atoms with Crippen molar-refractivity contribution in [2.24, 2.45) is 0 Å². The number of nitriles is 1. The zero-order chi connectivity index (χ0) is 14.5. The standard InChI is InChI=1S/C15H15N3O2/c1-18(9-3-8-16)15(19)14-6-4-11-10-12(20-2)5-7-13(11)17-14/h4-7,10H,3,9H2,1-2H3. The van der Waals surface area contributed by atoms with Crippen LogP contribution in [0.25, 0.3) is 10.9 Å². The number of ether oxygens (including phenoxy) is 1. The highest BCUT2D eigenvalue weighted by atomic mass is 16.5. The lowest BCUT2D eigenvalue weighted by Crippen LogP contribution is -2.28.